The van der Waals surface area contributed by atoms with Crippen LogP contribution in [0, 0.1) is 11.3 Å². The van der Waals surface area contributed by atoms with Gasteiger partial charge in [0.05, 0.1) is 17.7 Å². The predicted molar refractivity (Wildman–Crippen MR) is 171 cm³/mol. The molecule has 6 heteroatoms. The number of rotatable bonds is 11. The molecule has 1 aromatic heterocycles. The lowest BCUT2D eigenvalue weighted by Gasteiger charge is -2.39. The van der Waals surface area contributed by atoms with E-state index in [1.807, 2.05) is 0 Å². The standard InChI is InChI=1S/C35H47N3O2S/c1-26(2)17-18-35(34(39)40)19-21-38(22-20-35)24-33-36-32(25-41-33)30-13-15-31(16-14-30)37(3)23-27-9-11-29(12-10-27)28-7-5-4-6-8-28/h9-16,25-26,28H,4-8,17-24H2,1-3H3,(H,39,40). The molecule has 0 atom stereocenters. The maximum Gasteiger partial charge on any atom is 0.309 e. The van der Waals surface area contributed by atoms with Gasteiger partial charge < -0.3 is 10.0 Å². The molecular formula is C35H47N3O2S. The summed E-state index contributed by atoms with van der Waals surface area (Å²) in [4.78, 5) is 21.7. The highest BCUT2D eigenvalue weighted by atomic mass is 32.1. The number of carboxylic acid groups (broad SMARTS) is 1. The number of hydrogen-bond acceptors (Lipinski definition) is 5. The van der Waals surface area contributed by atoms with E-state index in [1.54, 1.807) is 11.3 Å². The number of nitrogens with zero attached hydrogens (tertiary/aromatic N) is 3. The van der Waals surface area contributed by atoms with Crippen molar-refractivity contribution < 1.29 is 9.90 Å². The second-order valence-electron chi connectivity index (χ2n) is 12.9. The molecule has 1 N–H and O–H groups in total. The van der Waals surface area contributed by atoms with E-state index in [2.05, 4.69) is 84.6 Å². The Bertz CT molecular complexity index is 1250. The van der Waals surface area contributed by atoms with Crippen molar-refractivity contribution in [1.29, 1.82) is 0 Å². The molecule has 0 spiro atoms. The number of likely N-dealkylation sites (tertiary alicyclic amines) is 1. The first kappa shape index (κ1) is 29.8. The third-order valence-electron chi connectivity index (χ3n) is 9.46. The third kappa shape index (κ3) is 7.58. The lowest BCUT2D eigenvalue weighted by atomic mass is 9.74. The summed E-state index contributed by atoms with van der Waals surface area (Å²) >= 11 is 1.70. The molecule has 3 aromatic rings. The van der Waals surface area contributed by atoms with Crippen LogP contribution in [0.4, 0.5) is 5.69 Å². The smallest absolute Gasteiger partial charge is 0.309 e. The van der Waals surface area contributed by atoms with Gasteiger partial charge >= 0.3 is 5.97 Å². The van der Waals surface area contributed by atoms with E-state index < -0.39 is 11.4 Å². The minimum Gasteiger partial charge on any atom is -0.481 e. The molecule has 5 rings (SSSR count). The van der Waals surface area contributed by atoms with Crippen molar-refractivity contribution in [3.8, 4) is 11.3 Å². The van der Waals surface area contributed by atoms with Gasteiger partial charge in [-0.3, -0.25) is 9.69 Å². The summed E-state index contributed by atoms with van der Waals surface area (Å²) in [6.45, 7) is 7.68. The first-order valence-corrected chi connectivity index (χ1v) is 16.5. The maximum absolute atomic E-state index is 12.1. The van der Waals surface area contributed by atoms with Crippen LogP contribution in [0.3, 0.4) is 0 Å². The first-order valence-electron chi connectivity index (χ1n) is 15.6. The van der Waals surface area contributed by atoms with Crippen LogP contribution >= 0.6 is 11.3 Å². The Kier molecular flexibility index (Phi) is 9.82. The summed E-state index contributed by atoms with van der Waals surface area (Å²) in [5, 5.41) is 13.2. The fourth-order valence-corrected chi connectivity index (χ4v) is 7.41. The highest BCUT2D eigenvalue weighted by Crippen LogP contribution is 2.38. The maximum atomic E-state index is 12.1. The van der Waals surface area contributed by atoms with Crippen LogP contribution < -0.4 is 4.90 Å². The Morgan fingerprint density at radius 1 is 1.05 bits per heavy atom. The van der Waals surface area contributed by atoms with Gasteiger partial charge in [-0.2, -0.15) is 0 Å². The van der Waals surface area contributed by atoms with Crippen LogP contribution in [0.2, 0.25) is 0 Å². The molecule has 2 aliphatic rings. The lowest BCUT2D eigenvalue weighted by molar-refractivity contribution is -0.153. The van der Waals surface area contributed by atoms with E-state index in [9.17, 15) is 9.90 Å². The zero-order valence-corrected chi connectivity index (χ0v) is 26.0. The number of aromatic nitrogens is 1. The molecule has 2 aromatic carbocycles. The minimum absolute atomic E-state index is 0.538. The molecule has 0 bridgehead atoms. The molecular weight excluding hydrogens is 526 g/mol. The number of carboxylic acids is 1. The van der Waals surface area contributed by atoms with E-state index in [-0.39, 0.29) is 0 Å². The van der Waals surface area contributed by atoms with E-state index in [4.69, 9.17) is 4.98 Å². The molecule has 0 unspecified atom stereocenters. The van der Waals surface area contributed by atoms with Crippen molar-refractivity contribution in [2.45, 2.75) is 90.6 Å². The van der Waals surface area contributed by atoms with Crippen LogP contribution in [0.15, 0.2) is 53.9 Å². The molecule has 1 aliphatic carbocycles. The fourth-order valence-electron chi connectivity index (χ4n) is 6.57. The Labute approximate surface area is 250 Å². The molecule has 220 valence electrons. The van der Waals surface area contributed by atoms with Gasteiger partial charge in [-0.25, -0.2) is 4.98 Å². The molecule has 0 radical (unpaired) electrons. The number of piperidine rings is 1. The van der Waals surface area contributed by atoms with Gasteiger partial charge in [0.25, 0.3) is 0 Å². The van der Waals surface area contributed by atoms with Crippen LogP contribution in [0.1, 0.15) is 93.7 Å². The van der Waals surface area contributed by atoms with Crippen LogP contribution in [0.5, 0.6) is 0 Å². The first-order chi connectivity index (χ1) is 19.8. The second-order valence-corrected chi connectivity index (χ2v) is 13.8. The van der Waals surface area contributed by atoms with E-state index >= 15 is 0 Å². The number of anilines is 1. The van der Waals surface area contributed by atoms with Crippen molar-refractivity contribution in [2.24, 2.45) is 11.3 Å². The van der Waals surface area contributed by atoms with Crippen molar-refractivity contribution in [3.05, 3.63) is 70.0 Å². The molecule has 2 heterocycles. The number of benzene rings is 2. The summed E-state index contributed by atoms with van der Waals surface area (Å²) in [6, 6.07) is 18.0. The number of thiazole rings is 1. The van der Waals surface area contributed by atoms with Gasteiger partial charge in [0.2, 0.25) is 0 Å². The zero-order valence-electron chi connectivity index (χ0n) is 25.1. The summed E-state index contributed by atoms with van der Waals surface area (Å²) in [6.07, 6.45) is 10.1. The number of carbonyl (C=O) groups is 1. The number of aliphatic carboxylic acids is 1. The Balaban J connectivity index is 1.13. The monoisotopic (exact) mass is 573 g/mol. The van der Waals surface area contributed by atoms with Crippen LogP contribution in [-0.4, -0.2) is 41.1 Å². The Morgan fingerprint density at radius 2 is 1.73 bits per heavy atom. The fraction of sp³-hybridized carbons (Fsp3) is 0.543. The van der Waals surface area contributed by atoms with Crippen molar-refractivity contribution in [3.63, 3.8) is 0 Å². The summed E-state index contributed by atoms with van der Waals surface area (Å²) in [5.41, 5.74) is 5.66. The Hall–Kier alpha value is -2.70. The van der Waals surface area contributed by atoms with Gasteiger partial charge in [0, 0.05) is 30.2 Å². The predicted octanol–water partition coefficient (Wildman–Crippen LogP) is 8.60. The average Bonchev–Trinajstić information content (AvgIpc) is 3.46. The van der Waals surface area contributed by atoms with E-state index in [1.165, 1.54) is 48.9 Å². The molecule has 1 saturated carbocycles. The van der Waals surface area contributed by atoms with E-state index in [0.29, 0.717) is 5.92 Å². The largest absolute Gasteiger partial charge is 0.481 e. The van der Waals surface area contributed by atoms with Crippen LogP contribution in [-0.2, 0) is 17.9 Å². The molecule has 41 heavy (non-hydrogen) atoms. The zero-order chi connectivity index (χ0) is 28.8. The third-order valence-corrected chi connectivity index (χ3v) is 10.3. The van der Waals surface area contributed by atoms with Crippen molar-refractivity contribution in [2.75, 3.05) is 25.0 Å². The van der Waals surface area contributed by atoms with Gasteiger partial charge in [-0.15, -0.1) is 11.3 Å². The molecule has 0 amide bonds. The molecule has 5 nitrogen and oxygen atoms in total. The minimum atomic E-state index is -0.615. The number of hydrogen-bond donors (Lipinski definition) is 1. The normalized spacial score (nSPS) is 18.0. The summed E-state index contributed by atoms with van der Waals surface area (Å²) < 4.78 is 0. The summed E-state index contributed by atoms with van der Waals surface area (Å²) in [5.74, 6) is 0.677. The van der Waals surface area contributed by atoms with E-state index in [0.717, 1.165) is 74.0 Å². The quantitative estimate of drug-likeness (QED) is 0.249. The highest BCUT2D eigenvalue weighted by Gasteiger charge is 2.41. The average molecular weight is 574 g/mol. The van der Waals surface area contributed by atoms with Gasteiger partial charge in [0.15, 0.2) is 0 Å². The lowest BCUT2D eigenvalue weighted by Crippen LogP contribution is -2.44. The Morgan fingerprint density at radius 3 is 2.37 bits per heavy atom. The SMILES string of the molecule is CC(C)CCC1(C(=O)O)CCN(Cc2nc(-c3ccc(N(C)Cc4ccc(C5CCCCC5)cc4)cc3)cs2)CC1. The van der Waals surface area contributed by atoms with Crippen LogP contribution in [0.25, 0.3) is 11.3 Å². The van der Waals surface area contributed by atoms with Gasteiger partial charge in [0.1, 0.15) is 5.01 Å². The van der Waals surface area contributed by atoms with Crippen molar-refractivity contribution in [1.82, 2.24) is 9.88 Å². The van der Waals surface area contributed by atoms with Crippen molar-refractivity contribution >= 4 is 23.0 Å². The topological polar surface area (TPSA) is 56.7 Å². The second kappa shape index (κ2) is 13.5. The molecule has 1 aliphatic heterocycles. The molecule has 1 saturated heterocycles. The molecule has 2 fully saturated rings. The van der Waals surface area contributed by atoms with Gasteiger partial charge in [-0.05, 0) is 86.7 Å². The van der Waals surface area contributed by atoms with Gasteiger partial charge in [-0.1, -0.05) is 69.5 Å². The highest BCUT2D eigenvalue weighted by molar-refractivity contribution is 7.09. The summed E-state index contributed by atoms with van der Waals surface area (Å²) in [7, 11) is 2.16.